The first-order valence-corrected chi connectivity index (χ1v) is 7.08. The number of aromatic amines is 1. The number of hydrogen-bond acceptors (Lipinski definition) is 4. The second-order valence-corrected chi connectivity index (χ2v) is 5.15. The van der Waals surface area contributed by atoms with E-state index in [1.165, 1.54) is 0 Å². The van der Waals surface area contributed by atoms with Crippen LogP contribution in [-0.2, 0) is 16.1 Å². The molecular formula is C16H17N3O2. The van der Waals surface area contributed by atoms with Crippen LogP contribution in [0.5, 0.6) is 0 Å². The summed E-state index contributed by atoms with van der Waals surface area (Å²) >= 11 is 0. The average Bonchev–Trinajstić information content (AvgIpc) is 3.08. The van der Waals surface area contributed by atoms with Crippen molar-refractivity contribution in [3.63, 3.8) is 0 Å². The van der Waals surface area contributed by atoms with Gasteiger partial charge in [-0.05, 0) is 30.4 Å². The second kappa shape index (κ2) is 6.35. The standard InChI is InChI=1S/C16H17N3O2/c20-16(21-11-12-4-2-1-3-5-12)14-8-6-13(7-9-14)15-10-17-19-18-15/h1-6,10,14H,7-9,11H2,(H,17,18,19). The highest BCUT2D eigenvalue weighted by molar-refractivity contribution is 5.75. The van der Waals surface area contributed by atoms with E-state index in [1.54, 1.807) is 6.20 Å². The highest BCUT2D eigenvalue weighted by Gasteiger charge is 2.24. The zero-order chi connectivity index (χ0) is 14.5. The molecule has 1 atom stereocenters. The molecule has 0 saturated heterocycles. The SMILES string of the molecule is O=C(OCc1ccccc1)C1CC=C(c2cn[nH]n2)CC1. The molecule has 0 aliphatic heterocycles. The predicted molar refractivity (Wildman–Crippen MR) is 77.9 cm³/mol. The molecule has 2 aromatic rings. The van der Waals surface area contributed by atoms with Gasteiger partial charge >= 0.3 is 5.97 Å². The van der Waals surface area contributed by atoms with Crippen LogP contribution in [0.3, 0.4) is 0 Å². The van der Waals surface area contributed by atoms with Gasteiger partial charge in [-0.15, -0.1) is 0 Å². The number of ether oxygens (including phenoxy) is 1. The molecule has 1 unspecified atom stereocenters. The summed E-state index contributed by atoms with van der Waals surface area (Å²) in [6.45, 7) is 0.343. The summed E-state index contributed by atoms with van der Waals surface area (Å²) in [6.07, 6.45) is 6.11. The quantitative estimate of drug-likeness (QED) is 0.876. The zero-order valence-corrected chi connectivity index (χ0v) is 11.7. The molecule has 0 amide bonds. The van der Waals surface area contributed by atoms with Crippen LogP contribution in [0.15, 0.2) is 42.6 Å². The van der Waals surface area contributed by atoms with Gasteiger partial charge in [0.1, 0.15) is 12.3 Å². The van der Waals surface area contributed by atoms with Gasteiger partial charge in [-0.3, -0.25) is 4.79 Å². The number of nitrogens with one attached hydrogen (secondary N) is 1. The summed E-state index contributed by atoms with van der Waals surface area (Å²) < 4.78 is 5.39. The third-order valence-corrected chi connectivity index (χ3v) is 3.71. The number of H-pyrrole nitrogens is 1. The first kappa shape index (κ1) is 13.5. The summed E-state index contributed by atoms with van der Waals surface area (Å²) in [4.78, 5) is 12.1. The molecule has 0 radical (unpaired) electrons. The van der Waals surface area contributed by atoms with Crippen molar-refractivity contribution in [3.8, 4) is 0 Å². The lowest BCUT2D eigenvalue weighted by Gasteiger charge is -2.19. The number of nitrogens with zero attached hydrogens (tertiary/aromatic N) is 2. The van der Waals surface area contributed by atoms with Gasteiger partial charge in [-0.25, -0.2) is 0 Å². The molecule has 0 saturated carbocycles. The Bertz CT molecular complexity index is 620. The summed E-state index contributed by atoms with van der Waals surface area (Å²) in [6, 6.07) is 9.74. The number of allylic oxidation sites excluding steroid dienone is 2. The number of rotatable bonds is 4. The van der Waals surface area contributed by atoms with Gasteiger partial charge in [0.25, 0.3) is 0 Å². The summed E-state index contributed by atoms with van der Waals surface area (Å²) in [7, 11) is 0. The van der Waals surface area contributed by atoms with Crippen molar-refractivity contribution in [1.82, 2.24) is 15.4 Å². The maximum atomic E-state index is 12.1. The predicted octanol–water partition coefficient (Wildman–Crippen LogP) is 2.73. The molecule has 0 spiro atoms. The first-order chi connectivity index (χ1) is 10.3. The van der Waals surface area contributed by atoms with E-state index < -0.39 is 0 Å². The third-order valence-electron chi connectivity index (χ3n) is 3.71. The molecule has 108 valence electrons. The van der Waals surface area contributed by atoms with E-state index in [0.29, 0.717) is 13.0 Å². The van der Waals surface area contributed by atoms with Crippen LogP contribution in [0.2, 0.25) is 0 Å². The molecule has 3 rings (SSSR count). The van der Waals surface area contributed by atoms with Crippen molar-refractivity contribution in [1.29, 1.82) is 0 Å². The van der Waals surface area contributed by atoms with Gasteiger partial charge < -0.3 is 4.74 Å². The number of carbonyl (C=O) groups excluding carboxylic acids is 1. The molecule has 1 aromatic heterocycles. The largest absolute Gasteiger partial charge is 0.461 e. The monoisotopic (exact) mass is 283 g/mol. The van der Waals surface area contributed by atoms with E-state index in [2.05, 4.69) is 21.5 Å². The Morgan fingerprint density at radius 3 is 2.86 bits per heavy atom. The van der Waals surface area contributed by atoms with Crippen LogP contribution >= 0.6 is 0 Å². The topological polar surface area (TPSA) is 67.9 Å². The number of aromatic nitrogens is 3. The van der Waals surface area contributed by atoms with E-state index >= 15 is 0 Å². The van der Waals surface area contributed by atoms with Gasteiger partial charge in [0.2, 0.25) is 0 Å². The van der Waals surface area contributed by atoms with Crippen molar-refractivity contribution in [2.75, 3.05) is 0 Å². The summed E-state index contributed by atoms with van der Waals surface area (Å²) in [5.74, 6) is -0.168. The van der Waals surface area contributed by atoms with E-state index in [-0.39, 0.29) is 11.9 Å². The lowest BCUT2D eigenvalue weighted by molar-refractivity contribution is -0.150. The van der Waals surface area contributed by atoms with E-state index in [0.717, 1.165) is 29.7 Å². The van der Waals surface area contributed by atoms with E-state index in [9.17, 15) is 4.79 Å². The maximum absolute atomic E-state index is 12.1. The molecule has 0 bridgehead atoms. The fraction of sp³-hybridized carbons (Fsp3) is 0.312. The van der Waals surface area contributed by atoms with Gasteiger partial charge in [0.05, 0.1) is 12.1 Å². The first-order valence-electron chi connectivity index (χ1n) is 7.08. The lowest BCUT2D eigenvalue weighted by atomic mass is 9.88. The number of carbonyl (C=O) groups is 1. The van der Waals surface area contributed by atoms with Crippen molar-refractivity contribution in [2.24, 2.45) is 5.92 Å². The summed E-state index contributed by atoms with van der Waals surface area (Å²) in [5, 5.41) is 10.5. The molecule has 1 heterocycles. The minimum atomic E-state index is -0.116. The maximum Gasteiger partial charge on any atom is 0.309 e. The van der Waals surface area contributed by atoms with Gasteiger partial charge in [0.15, 0.2) is 0 Å². The van der Waals surface area contributed by atoms with E-state index in [4.69, 9.17) is 4.74 Å². The van der Waals surface area contributed by atoms with Crippen molar-refractivity contribution in [2.45, 2.75) is 25.9 Å². The van der Waals surface area contributed by atoms with Gasteiger partial charge in [-0.2, -0.15) is 15.4 Å². The van der Waals surface area contributed by atoms with Crippen LogP contribution in [0.4, 0.5) is 0 Å². The van der Waals surface area contributed by atoms with Crippen LogP contribution < -0.4 is 0 Å². The molecule has 1 aliphatic rings. The van der Waals surface area contributed by atoms with Crippen molar-refractivity contribution in [3.05, 3.63) is 53.9 Å². The minimum absolute atomic E-state index is 0.0515. The molecule has 0 fully saturated rings. The van der Waals surface area contributed by atoms with Crippen LogP contribution in [0, 0.1) is 5.92 Å². The fourth-order valence-corrected chi connectivity index (χ4v) is 2.48. The number of benzene rings is 1. The fourth-order valence-electron chi connectivity index (χ4n) is 2.48. The van der Waals surface area contributed by atoms with Crippen LogP contribution in [0.25, 0.3) is 5.57 Å². The van der Waals surface area contributed by atoms with Gasteiger partial charge in [0, 0.05) is 0 Å². The highest BCUT2D eigenvalue weighted by atomic mass is 16.5. The van der Waals surface area contributed by atoms with Crippen molar-refractivity contribution >= 4 is 11.5 Å². The summed E-state index contributed by atoms with van der Waals surface area (Å²) in [5.41, 5.74) is 3.03. The Hall–Kier alpha value is -2.43. The molecule has 1 N–H and O–H groups in total. The Labute approximate surface area is 123 Å². The molecule has 21 heavy (non-hydrogen) atoms. The van der Waals surface area contributed by atoms with Gasteiger partial charge in [-0.1, -0.05) is 36.4 Å². The molecular weight excluding hydrogens is 266 g/mol. The normalized spacial score (nSPS) is 18.1. The Balaban J connectivity index is 1.53. The molecule has 1 aliphatic carbocycles. The van der Waals surface area contributed by atoms with E-state index in [1.807, 2.05) is 30.3 Å². The average molecular weight is 283 g/mol. The lowest BCUT2D eigenvalue weighted by Crippen LogP contribution is -2.19. The third kappa shape index (κ3) is 3.37. The Morgan fingerprint density at radius 1 is 1.33 bits per heavy atom. The number of hydrogen-bond donors (Lipinski definition) is 1. The Morgan fingerprint density at radius 2 is 2.19 bits per heavy atom. The van der Waals surface area contributed by atoms with Crippen LogP contribution in [-0.4, -0.2) is 21.4 Å². The highest BCUT2D eigenvalue weighted by Crippen LogP contribution is 2.29. The molecule has 5 nitrogen and oxygen atoms in total. The number of esters is 1. The molecule has 1 aromatic carbocycles. The smallest absolute Gasteiger partial charge is 0.309 e. The van der Waals surface area contributed by atoms with Crippen LogP contribution in [0.1, 0.15) is 30.5 Å². The minimum Gasteiger partial charge on any atom is -0.461 e. The van der Waals surface area contributed by atoms with Crippen molar-refractivity contribution < 1.29 is 9.53 Å². The Kier molecular flexibility index (Phi) is 4.09. The zero-order valence-electron chi connectivity index (χ0n) is 11.7. The second-order valence-electron chi connectivity index (χ2n) is 5.15. The molecule has 5 heteroatoms.